The number of non-ortho nitro benzene ring substituents is 1. The van der Waals surface area contributed by atoms with Gasteiger partial charge < -0.3 is 5.32 Å². The van der Waals surface area contributed by atoms with Crippen molar-refractivity contribution in [1.82, 2.24) is 15.1 Å². The van der Waals surface area contributed by atoms with E-state index in [2.05, 4.69) is 10.4 Å². The van der Waals surface area contributed by atoms with E-state index >= 15 is 0 Å². The van der Waals surface area contributed by atoms with Gasteiger partial charge in [-0.05, 0) is 30.7 Å². The molecule has 16 heteroatoms. The molecule has 1 heterocycles. The van der Waals surface area contributed by atoms with Crippen LogP contribution in [0.4, 0.5) is 28.9 Å². The molecule has 3 rings (SSSR count). The molecular weight excluding hydrogens is 526 g/mol. The number of carbonyl (C=O) groups excluding carboxylic acids is 1. The average Bonchev–Trinajstić information content (AvgIpc) is 2.77. The number of para-hydroxylation sites is 1. The molecule has 0 aliphatic heterocycles. The SMILES string of the molecule is C[C@@H](NC(=O)c1nn(-c2ccccc2F)c(=O)cc1NS(C)(=O)=O)c1cc([N+](=O)[O-])cc(C(F)(F)F)c1. The number of anilines is 1. The largest absolute Gasteiger partial charge is 0.416 e. The lowest BCUT2D eigenvalue weighted by molar-refractivity contribution is -0.385. The van der Waals surface area contributed by atoms with Crippen molar-refractivity contribution >= 4 is 27.3 Å². The quantitative estimate of drug-likeness (QED) is 0.264. The molecule has 1 atom stereocenters. The van der Waals surface area contributed by atoms with E-state index in [0.717, 1.165) is 18.4 Å². The van der Waals surface area contributed by atoms with Gasteiger partial charge in [0.25, 0.3) is 17.2 Å². The van der Waals surface area contributed by atoms with Crippen molar-refractivity contribution in [2.75, 3.05) is 11.0 Å². The van der Waals surface area contributed by atoms with Crippen LogP contribution in [0.15, 0.2) is 53.3 Å². The standard InChI is InChI=1S/C21H17F4N5O6S/c1-11(12-7-13(21(23,24)25)9-14(8-12)30(33)34)26-20(32)19-16(28-37(2,35)36)10-18(31)29(27-19)17-6-4-3-5-15(17)22/h3-11,28H,1-2H3,(H,26,32)/t11-/m1/s1. The molecule has 1 aromatic heterocycles. The summed E-state index contributed by atoms with van der Waals surface area (Å²) in [6.45, 7) is 1.22. The normalized spacial score (nSPS) is 12.6. The van der Waals surface area contributed by atoms with Crippen LogP contribution in [-0.2, 0) is 16.2 Å². The molecule has 0 saturated carbocycles. The van der Waals surface area contributed by atoms with Gasteiger partial charge in [-0.25, -0.2) is 12.8 Å². The summed E-state index contributed by atoms with van der Waals surface area (Å²) < 4.78 is 79.9. The molecule has 3 aromatic rings. The number of halogens is 4. The first-order valence-corrected chi connectivity index (χ1v) is 12.0. The number of benzene rings is 2. The van der Waals surface area contributed by atoms with Crippen LogP contribution in [0.3, 0.4) is 0 Å². The predicted octanol–water partition coefficient (Wildman–Crippen LogP) is 3.16. The number of aromatic nitrogens is 2. The Morgan fingerprint density at radius 3 is 2.38 bits per heavy atom. The molecule has 2 N–H and O–H groups in total. The maximum atomic E-state index is 14.3. The van der Waals surface area contributed by atoms with Gasteiger partial charge in [-0.3, -0.25) is 24.4 Å². The van der Waals surface area contributed by atoms with Gasteiger partial charge in [0, 0.05) is 18.2 Å². The van der Waals surface area contributed by atoms with Crippen molar-refractivity contribution in [3.8, 4) is 5.69 Å². The van der Waals surface area contributed by atoms with Gasteiger partial charge in [-0.2, -0.15) is 23.0 Å². The molecule has 11 nitrogen and oxygen atoms in total. The Hall–Kier alpha value is -4.34. The number of nitrogens with zero attached hydrogens (tertiary/aromatic N) is 3. The first-order valence-electron chi connectivity index (χ1n) is 10.1. The van der Waals surface area contributed by atoms with Crippen molar-refractivity contribution in [3.63, 3.8) is 0 Å². The molecule has 0 fully saturated rings. The lowest BCUT2D eigenvalue weighted by atomic mass is 10.0. The van der Waals surface area contributed by atoms with Gasteiger partial charge in [-0.15, -0.1) is 0 Å². The fourth-order valence-electron chi connectivity index (χ4n) is 3.20. The Balaban J connectivity index is 2.09. The van der Waals surface area contributed by atoms with Crippen LogP contribution in [0.25, 0.3) is 5.69 Å². The zero-order valence-corrected chi connectivity index (χ0v) is 19.7. The first-order chi connectivity index (χ1) is 17.1. The molecule has 2 aromatic carbocycles. The summed E-state index contributed by atoms with van der Waals surface area (Å²) in [4.78, 5) is 35.7. The third-order valence-corrected chi connectivity index (χ3v) is 5.44. The second-order valence-corrected chi connectivity index (χ2v) is 9.49. The fourth-order valence-corrected chi connectivity index (χ4v) is 3.75. The molecule has 0 saturated heterocycles. The summed E-state index contributed by atoms with van der Waals surface area (Å²) in [7, 11) is -4.05. The Morgan fingerprint density at radius 1 is 1.16 bits per heavy atom. The molecule has 0 aliphatic carbocycles. The second kappa shape index (κ2) is 9.96. The van der Waals surface area contributed by atoms with E-state index in [9.17, 15) is 45.7 Å². The van der Waals surface area contributed by atoms with Gasteiger partial charge in [0.1, 0.15) is 11.5 Å². The van der Waals surface area contributed by atoms with Gasteiger partial charge in [-0.1, -0.05) is 12.1 Å². The van der Waals surface area contributed by atoms with Crippen LogP contribution < -0.4 is 15.6 Å². The number of alkyl halides is 3. The van der Waals surface area contributed by atoms with Crippen LogP contribution in [-0.4, -0.2) is 35.3 Å². The monoisotopic (exact) mass is 543 g/mol. The minimum atomic E-state index is -4.92. The van der Waals surface area contributed by atoms with Crippen LogP contribution in [0.1, 0.15) is 34.6 Å². The summed E-state index contributed by atoms with van der Waals surface area (Å²) >= 11 is 0. The van der Waals surface area contributed by atoms with Crippen molar-refractivity contribution in [2.45, 2.75) is 19.1 Å². The summed E-state index contributed by atoms with van der Waals surface area (Å²) in [5, 5.41) is 17.2. The lowest BCUT2D eigenvalue weighted by Gasteiger charge is -2.18. The Labute approximate surface area is 205 Å². The molecule has 1 amide bonds. The van der Waals surface area contributed by atoms with Crippen molar-refractivity contribution in [2.24, 2.45) is 0 Å². The average molecular weight is 543 g/mol. The summed E-state index contributed by atoms with van der Waals surface area (Å²) in [6.07, 6.45) is -4.20. The highest BCUT2D eigenvalue weighted by molar-refractivity contribution is 7.92. The van der Waals surface area contributed by atoms with Crippen LogP contribution in [0.2, 0.25) is 0 Å². The van der Waals surface area contributed by atoms with E-state index in [1.54, 1.807) is 0 Å². The number of nitro groups is 1. The highest BCUT2D eigenvalue weighted by Crippen LogP contribution is 2.34. The number of rotatable bonds is 7. The Kier molecular flexibility index (Phi) is 7.34. The van der Waals surface area contributed by atoms with Gasteiger partial charge in [0.15, 0.2) is 5.69 Å². The third-order valence-electron chi connectivity index (χ3n) is 4.85. The molecule has 0 aliphatic rings. The van der Waals surface area contributed by atoms with E-state index in [-0.39, 0.29) is 11.3 Å². The predicted molar refractivity (Wildman–Crippen MR) is 122 cm³/mol. The fraction of sp³-hybridized carbons (Fsp3) is 0.190. The molecule has 0 spiro atoms. The van der Waals surface area contributed by atoms with Crippen molar-refractivity contribution in [1.29, 1.82) is 0 Å². The molecule has 37 heavy (non-hydrogen) atoms. The third kappa shape index (κ3) is 6.46. The van der Waals surface area contributed by atoms with E-state index in [0.29, 0.717) is 22.9 Å². The van der Waals surface area contributed by atoms with Crippen molar-refractivity contribution < 1.29 is 35.7 Å². The second-order valence-electron chi connectivity index (χ2n) is 7.75. The van der Waals surface area contributed by atoms with Crippen LogP contribution >= 0.6 is 0 Å². The minimum absolute atomic E-state index is 0.296. The Bertz CT molecular complexity index is 1560. The zero-order valence-electron chi connectivity index (χ0n) is 18.9. The zero-order chi connectivity index (χ0) is 27.7. The highest BCUT2D eigenvalue weighted by atomic mass is 32.2. The molecule has 0 unspecified atom stereocenters. The molecule has 196 valence electrons. The number of sulfonamides is 1. The maximum absolute atomic E-state index is 14.3. The number of nitro benzene ring substituents is 1. The van der Waals surface area contributed by atoms with Gasteiger partial charge in [0.2, 0.25) is 10.0 Å². The minimum Gasteiger partial charge on any atom is -0.344 e. The van der Waals surface area contributed by atoms with E-state index in [4.69, 9.17) is 0 Å². The smallest absolute Gasteiger partial charge is 0.344 e. The molecular formula is C21H17F4N5O6S. The summed E-state index contributed by atoms with van der Waals surface area (Å²) in [6, 6.07) is 6.02. The molecule has 0 bridgehead atoms. The van der Waals surface area contributed by atoms with Crippen molar-refractivity contribution in [3.05, 3.63) is 91.6 Å². The number of nitrogens with one attached hydrogen (secondary N) is 2. The van der Waals surface area contributed by atoms with E-state index in [1.807, 2.05) is 4.72 Å². The number of amides is 1. The van der Waals surface area contributed by atoms with Gasteiger partial charge >= 0.3 is 6.18 Å². The number of hydrogen-bond donors (Lipinski definition) is 2. The lowest BCUT2D eigenvalue weighted by Crippen LogP contribution is -2.33. The van der Waals surface area contributed by atoms with E-state index in [1.165, 1.54) is 25.1 Å². The maximum Gasteiger partial charge on any atom is 0.416 e. The molecule has 0 radical (unpaired) electrons. The van der Waals surface area contributed by atoms with Crippen LogP contribution in [0.5, 0.6) is 0 Å². The summed E-state index contributed by atoms with van der Waals surface area (Å²) in [5.41, 5.74) is -5.18. The number of hydrogen-bond acceptors (Lipinski definition) is 7. The Morgan fingerprint density at radius 2 is 1.81 bits per heavy atom. The number of carbonyl (C=O) groups is 1. The van der Waals surface area contributed by atoms with E-state index < -0.39 is 67.1 Å². The topological polar surface area (TPSA) is 153 Å². The first kappa shape index (κ1) is 27.3. The van der Waals surface area contributed by atoms with Gasteiger partial charge in [0.05, 0.1) is 28.5 Å². The van der Waals surface area contributed by atoms with Crippen LogP contribution in [0, 0.1) is 15.9 Å². The summed E-state index contributed by atoms with van der Waals surface area (Å²) in [5.74, 6) is -2.07. The highest BCUT2D eigenvalue weighted by Gasteiger charge is 2.33.